The van der Waals surface area contributed by atoms with E-state index in [0.717, 1.165) is 24.0 Å². The lowest BCUT2D eigenvalue weighted by atomic mass is 9.96. The van der Waals surface area contributed by atoms with Crippen LogP contribution >= 0.6 is 0 Å². The Morgan fingerprint density at radius 2 is 2.29 bits per heavy atom. The van der Waals surface area contributed by atoms with E-state index in [1.165, 1.54) is 0 Å². The predicted molar refractivity (Wildman–Crippen MR) is 53.5 cm³/mol. The second-order valence-corrected chi connectivity index (χ2v) is 3.50. The Bertz CT molecular complexity index is 385. The lowest BCUT2D eigenvalue weighted by molar-refractivity contribution is 0.0945. The van der Waals surface area contributed by atoms with Crippen molar-refractivity contribution >= 4 is 5.91 Å². The van der Waals surface area contributed by atoms with Gasteiger partial charge in [0.2, 0.25) is 0 Å². The van der Waals surface area contributed by atoms with Crippen molar-refractivity contribution in [3.8, 4) is 5.75 Å². The van der Waals surface area contributed by atoms with Gasteiger partial charge in [-0.2, -0.15) is 0 Å². The molecule has 0 unspecified atom stereocenters. The van der Waals surface area contributed by atoms with Gasteiger partial charge in [-0.05, 0) is 30.0 Å². The van der Waals surface area contributed by atoms with Gasteiger partial charge in [-0.1, -0.05) is 13.0 Å². The highest BCUT2D eigenvalue weighted by molar-refractivity contribution is 5.97. The van der Waals surface area contributed by atoms with Crippen LogP contribution in [0.5, 0.6) is 5.75 Å². The third-order valence-corrected chi connectivity index (χ3v) is 2.61. The third-order valence-electron chi connectivity index (χ3n) is 2.61. The fourth-order valence-corrected chi connectivity index (χ4v) is 1.79. The molecular weight excluding hydrogens is 178 g/mol. The van der Waals surface area contributed by atoms with Crippen LogP contribution in [0.3, 0.4) is 0 Å². The van der Waals surface area contributed by atoms with E-state index in [4.69, 9.17) is 0 Å². The van der Waals surface area contributed by atoms with Gasteiger partial charge in [0, 0.05) is 12.1 Å². The van der Waals surface area contributed by atoms with Crippen LogP contribution in [0, 0.1) is 0 Å². The molecule has 14 heavy (non-hydrogen) atoms. The van der Waals surface area contributed by atoms with E-state index in [1.54, 1.807) is 6.07 Å². The number of benzene rings is 1. The van der Waals surface area contributed by atoms with Crippen molar-refractivity contribution in [1.82, 2.24) is 5.32 Å². The highest BCUT2D eigenvalue weighted by atomic mass is 16.3. The molecule has 1 aliphatic rings. The number of rotatable bonds is 1. The minimum atomic E-state index is -0.0794. The van der Waals surface area contributed by atoms with Crippen LogP contribution in [0.4, 0.5) is 0 Å². The van der Waals surface area contributed by atoms with Crippen molar-refractivity contribution in [1.29, 1.82) is 0 Å². The van der Waals surface area contributed by atoms with Crippen molar-refractivity contribution < 1.29 is 9.90 Å². The average molecular weight is 191 g/mol. The van der Waals surface area contributed by atoms with Gasteiger partial charge in [0.15, 0.2) is 0 Å². The van der Waals surface area contributed by atoms with Crippen molar-refractivity contribution in [2.45, 2.75) is 19.8 Å². The van der Waals surface area contributed by atoms with E-state index in [1.807, 2.05) is 13.0 Å². The summed E-state index contributed by atoms with van der Waals surface area (Å²) in [6.07, 6.45) is 1.65. The number of phenolic OH excluding ortho intramolecular Hbond substituents is 1. The molecule has 0 spiro atoms. The molecule has 1 aromatic carbocycles. The lowest BCUT2D eigenvalue weighted by Gasteiger charge is -2.17. The highest BCUT2D eigenvalue weighted by Crippen LogP contribution is 2.24. The Hall–Kier alpha value is -1.51. The van der Waals surface area contributed by atoms with E-state index in [9.17, 15) is 9.90 Å². The van der Waals surface area contributed by atoms with E-state index in [0.29, 0.717) is 12.1 Å². The molecule has 1 amide bonds. The minimum absolute atomic E-state index is 0.0794. The van der Waals surface area contributed by atoms with Crippen molar-refractivity contribution in [3.05, 3.63) is 28.8 Å². The molecule has 1 aliphatic heterocycles. The second kappa shape index (κ2) is 3.33. The maximum absolute atomic E-state index is 11.4. The van der Waals surface area contributed by atoms with E-state index >= 15 is 0 Å². The van der Waals surface area contributed by atoms with Crippen molar-refractivity contribution in [2.75, 3.05) is 6.54 Å². The molecule has 1 heterocycles. The van der Waals surface area contributed by atoms with Crippen molar-refractivity contribution in [3.63, 3.8) is 0 Å². The highest BCUT2D eigenvalue weighted by Gasteiger charge is 2.18. The quantitative estimate of drug-likeness (QED) is 0.701. The van der Waals surface area contributed by atoms with Gasteiger partial charge in [0.1, 0.15) is 5.75 Å². The zero-order valence-electron chi connectivity index (χ0n) is 8.13. The second-order valence-electron chi connectivity index (χ2n) is 3.50. The zero-order valence-corrected chi connectivity index (χ0v) is 8.13. The zero-order chi connectivity index (χ0) is 10.1. The minimum Gasteiger partial charge on any atom is -0.508 e. The Morgan fingerprint density at radius 3 is 3.00 bits per heavy atom. The molecule has 0 saturated carbocycles. The van der Waals surface area contributed by atoms with E-state index in [-0.39, 0.29) is 11.7 Å². The Morgan fingerprint density at radius 1 is 1.50 bits per heavy atom. The van der Waals surface area contributed by atoms with Gasteiger partial charge in [-0.15, -0.1) is 0 Å². The number of aryl methyl sites for hydroxylation is 1. The lowest BCUT2D eigenvalue weighted by Crippen LogP contribution is -2.31. The van der Waals surface area contributed by atoms with Gasteiger partial charge < -0.3 is 10.4 Å². The molecule has 0 saturated heterocycles. The molecule has 74 valence electrons. The number of fused-ring (bicyclic) bond motifs is 1. The number of hydrogen-bond acceptors (Lipinski definition) is 2. The molecule has 0 aliphatic carbocycles. The van der Waals surface area contributed by atoms with Gasteiger partial charge in [-0.3, -0.25) is 4.79 Å². The summed E-state index contributed by atoms with van der Waals surface area (Å²) in [5.74, 6) is 0.146. The summed E-state index contributed by atoms with van der Waals surface area (Å²) in [5, 5.41) is 12.4. The smallest absolute Gasteiger partial charge is 0.251 e. The molecule has 3 heteroatoms. The summed E-state index contributed by atoms with van der Waals surface area (Å²) in [7, 11) is 0. The van der Waals surface area contributed by atoms with Crippen LogP contribution in [0.1, 0.15) is 28.4 Å². The number of phenols is 1. The van der Waals surface area contributed by atoms with Crippen LogP contribution in [0.25, 0.3) is 0 Å². The Balaban J connectivity index is 2.54. The average Bonchev–Trinajstić information content (AvgIpc) is 2.19. The molecule has 0 fully saturated rings. The molecule has 0 aromatic heterocycles. The monoisotopic (exact) mass is 191 g/mol. The normalized spacial score (nSPS) is 14.8. The first-order valence-corrected chi connectivity index (χ1v) is 4.85. The SMILES string of the molecule is CCc1cc2c(cc1O)C(=O)NCC2. The molecule has 2 N–H and O–H groups in total. The molecule has 0 radical (unpaired) electrons. The maximum atomic E-state index is 11.4. The summed E-state index contributed by atoms with van der Waals surface area (Å²) >= 11 is 0. The first kappa shape index (κ1) is 9.06. The summed E-state index contributed by atoms with van der Waals surface area (Å²) in [6, 6.07) is 3.51. The van der Waals surface area contributed by atoms with Crippen LogP contribution < -0.4 is 5.32 Å². The van der Waals surface area contributed by atoms with Crippen LogP contribution in [-0.4, -0.2) is 17.6 Å². The van der Waals surface area contributed by atoms with Gasteiger partial charge >= 0.3 is 0 Å². The molecule has 1 aromatic rings. The fraction of sp³-hybridized carbons (Fsp3) is 0.364. The molecule has 3 nitrogen and oxygen atoms in total. The summed E-state index contributed by atoms with van der Waals surface area (Å²) in [5.41, 5.74) is 2.58. The number of aromatic hydroxyl groups is 1. The number of nitrogens with one attached hydrogen (secondary N) is 1. The fourth-order valence-electron chi connectivity index (χ4n) is 1.79. The Labute approximate surface area is 82.8 Å². The summed E-state index contributed by atoms with van der Waals surface area (Å²) < 4.78 is 0. The maximum Gasteiger partial charge on any atom is 0.251 e. The molecular formula is C11H13NO2. The van der Waals surface area contributed by atoms with Gasteiger partial charge in [-0.25, -0.2) is 0 Å². The number of amides is 1. The predicted octanol–water partition coefficient (Wildman–Crippen LogP) is 1.24. The summed E-state index contributed by atoms with van der Waals surface area (Å²) in [4.78, 5) is 11.4. The Kier molecular flexibility index (Phi) is 2.15. The van der Waals surface area contributed by atoms with Gasteiger partial charge in [0.25, 0.3) is 5.91 Å². The third kappa shape index (κ3) is 1.35. The number of carbonyl (C=O) groups is 1. The number of carbonyl (C=O) groups excluding carboxylic acids is 1. The molecule has 0 bridgehead atoms. The summed E-state index contributed by atoms with van der Waals surface area (Å²) in [6.45, 7) is 2.68. The van der Waals surface area contributed by atoms with E-state index < -0.39 is 0 Å². The molecule has 2 rings (SSSR count). The standard InChI is InChI=1S/C11H13NO2/c1-2-7-5-8-3-4-12-11(14)9(8)6-10(7)13/h5-6,13H,2-4H2,1H3,(H,12,14). The topological polar surface area (TPSA) is 49.3 Å². The van der Waals surface area contributed by atoms with Gasteiger partial charge in [0.05, 0.1) is 0 Å². The van der Waals surface area contributed by atoms with E-state index in [2.05, 4.69) is 5.32 Å². The van der Waals surface area contributed by atoms with Crippen molar-refractivity contribution in [2.24, 2.45) is 0 Å². The van der Waals surface area contributed by atoms with Crippen LogP contribution in [0.15, 0.2) is 12.1 Å². The first-order valence-electron chi connectivity index (χ1n) is 4.85. The number of hydrogen-bond donors (Lipinski definition) is 2. The molecule has 0 atom stereocenters. The van der Waals surface area contributed by atoms with Crippen LogP contribution in [-0.2, 0) is 12.8 Å². The largest absolute Gasteiger partial charge is 0.508 e. The van der Waals surface area contributed by atoms with Crippen LogP contribution in [0.2, 0.25) is 0 Å². The first-order chi connectivity index (χ1) is 6.72.